The Morgan fingerprint density at radius 1 is 1.10 bits per heavy atom. The minimum absolute atomic E-state index is 0.236. The van der Waals surface area contributed by atoms with E-state index in [2.05, 4.69) is 5.32 Å². The molecule has 0 unspecified atom stereocenters. The van der Waals surface area contributed by atoms with Gasteiger partial charge in [-0.05, 0) is 25.5 Å². The molecule has 0 aromatic heterocycles. The van der Waals surface area contributed by atoms with Gasteiger partial charge in [-0.3, -0.25) is 0 Å². The molecule has 0 aliphatic carbocycles. The standard InChI is InChI=1S/C15H24FNO3/c1-18-9-10-20-8-4-3-7-17-12-13-5-6-14(19-2)11-15(13)16/h5-6,11,17H,3-4,7-10,12H2,1-2H3. The van der Waals surface area contributed by atoms with Crippen molar-refractivity contribution >= 4 is 0 Å². The van der Waals surface area contributed by atoms with Gasteiger partial charge in [0.15, 0.2) is 0 Å². The van der Waals surface area contributed by atoms with Crippen LogP contribution in [0.3, 0.4) is 0 Å². The Bertz CT molecular complexity index is 374. The molecule has 1 aromatic rings. The average Bonchev–Trinajstić information content (AvgIpc) is 2.47. The first-order valence-corrected chi connectivity index (χ1v) is 6.87. The summed E-state index contributed by atoms with van der Waals surface area (Å²) in [5.41, 5.74) is 0.655. The van der Waals surface area contributed by atoms with Crippen LogP contribution in [-0.4, -0.2) is 40.6 Å². The van der Waals surface area contributed by atoms with Gasteiger partial charge in [0.05, 0.1) is 20.3 Å². The van der Waals surface area contributed by atoms with Crippen molar-refractivity contribution < 1.29 is 18.6 Å². The molecule has 0 spiro atoms. The molecule has 5 heteroatoms. The Morgan fingerprint density at radius 2 is 1.95 bits per heavy atom. The molecule has 0 saturated carbocycles. The largest absolute Gasteiger partial charge is 0.497 e. The Labute approximate surface area is 120 Å². The first-order valence-electron chi connectivity index (χ1n) is 6.87. The summed E-state index contributed by atoms with van der Waals surface area (Å²) in [5.74, 6) is 0.305. The highest BCUT2D eigenvalue weighted by Crippen LogP contribution is 2.15. The molecule has 0 aliphatic heterocycles. The molecule has 1 rings (SSSR count). The summed E-state index contributed by atoms with van der Waals surface area (Å²) in [6.45, 7) is 3.39. The summed E-state index contributed by atoms with van der Waals surface area (Å²) in [6, 6.07) is 4.92. The second-order valence-electron chi connectivity index (χ2n) is 4.45. The predicted molar refractivity (Wildman–Crippen MR) is 76.6 cm³/mol. The van der Waals surface area contributed by atoms with Crippen molar-refractivity contribution in [3.8, 4) is 5.75 Å². The quantitative estimate of drug-likeness (QED) is 0.634. The van der Waals surface area contributed by atoms with Crippen LogP contribution in [0.4, 0.5) is 4.39 Å². The second kappa shape index (κ2) is 10.6. The molecule has 0 heterocycles. The van der Waals surface area contributed by atoms with Crippen molar-refractivity contribution in [3.63, 3.8) is 0 Å². The van der Waals surface area contributed by atoms with Crippen molar-refractivity contribution in [1.82, 2.24) is 5.32 Å². The van der Waals surface area contributed by atoms with Crippen LogP contribution in [-0.2, 0) is 16.0 Å². The van der Waals surface area contributed by atoms with Crippen molar-refractivity contribution in [2.75, 3.05) is 40.6 Å². The van der Waals surface area contributed by atoms with E-state index in [1.165, 1.54) is 13.2 Å². The molecular formula is C15H24FNO3. The summed E-state index contributed by atoms with van der Waals surface area (Å²) in [6.07, 6.45) is 1.99. The van der Waals surface area contributed by atoms with E-state index in [0.29, 0.717) is 31.1 Å². The van der Waals surface area contributed by atoms with E-state index in [0.717, 1.165) is 26.0 Å². The summed E-state index contributed by atoms with van der Waals surface area (Å²) in [5, 5.41) is 3.22. The fourth-order valence-corrected chi connectivity index (χ4v) is 1.72. The first kappa shape index (κ1) is 16.9. The number of rotatable bonds is 11. The second-order valence-corrected chi connectivity index (χ2v) is 4.45. The molecule has 0 amide bonds. The van der Waals surface area contributed by atoms with Gasteiger partial charge in [0, 0.05) is 31.9 Å². The number of unbranched alkanes of at least 4 members (excludes halogenated alkanes) is 1. The highest BCUT2D eigenvalue weighted by Gasteiger charge is 2.03. The van der Waals surface area contributed by atoms with E-state index in [9.17, 15) is 4.39 Å². The smallest absolute Gasteiger partial charge is 0.131 e. The maximum absolute atomic E-state index is 13.6. The van der Waals surface area contributed by atoms with Crippen molar-refractivity contribution in [2.45, 2.75) is 19.4 Å². The fourth-order valence-electron chi connectivity index (χ4n) is 1.72. The first-order chi connectivity index (χ1) is 9.77. The molecule has 0 radical (unpaired) electrons. The lowest BCUT2D eigenvalue weighted by Gasteiger charge is -2.08. The molecule has 0 aliphatic rings. The number of hydrogen-bond donors (Lipinski definition) is 1. The van der Waals surface area contributed by atoms with Gasteiger partial charge in [-0.25, -0.2) is 4.39 Å². The molecule has 0 bridgehead atoms. The van der Waals surface area contributed by atoms with E-state index >= 15 is 0 Å². The molecular weight excluding hydrogens is 261 g/mol. The molecule has 114 valence electrons. The minimum Gasteiger partial charge on any atom is -0.497 e. The molecule has 1 aromatic carbocycles. The lowest BCUT2D eigenvalue weighted by Crippen LogP contribution is -2.16. The Hall–Kier alpha value is -1.17. The number of ether oxygens (including phenoxy) is 3. The fraction of sp³-hybridized carbons (Fsp3) is 0.600. The number of nitrogens with one attached hydrogen (secondary N) is 1. The zero-order valence-corrected chi connectivity index (χ0v) is 12.3. The van der Waals surface area contributed by atoms with Gasteiger partial charge >= 0.3 is 0 Å². The lowest BCUT2D eigenvalue weighted by molar-refractivity contribution is 0.0688. The lowest BCUT2D eigenvalue weighted by atomic mass is 10.2. The third-order valence-electron chi connectivity index (χ3n) is 2.90. The number of methoxy groups -OCH3 is 2. The third kappa shape index (κ3) is 6.84. The summed E-state index contributed by atoms with van der Waals surface area (Å²) in [7, 11) is 3.19. The Balaban J connectivity index is 2.06. The van der Waals surface area contributed by atoms with Crippen molar-refractivity contribution in [3.05, 3.63) is 29.6 Å². The van der Waals surface area contributed by atoms with Crippen LogP contribution in [0, 0.1) is 5.82 Å². The van der Waals surface area contributed by atoms with Crippen LogP contribution in [0.15, 0.2) is 18.2 Å². The summed E-state index contributed by atoms with van der Waals surface area (Å²) in [4.78, 5) is 0. The molecule has 4 nitrogen and oxygen atoms in total. The Kier molecular flexibility index (Phi) is 8.95. The van der Waals surface area contributed by atoms with Crippen LogP contribution in [0.25, 0.3) is 0 Å². The molecule has 0 fully saturated rings. The highest BCUT2D eigenvalue weighted by molar-refractivity contribution is 5.28. The number of halogens is 1. The average molecular weight is 285 g/mol. The van der Waals surface area contributed by atoms with Gasteiger partial charge in [-0.15, -0.1) is 0 Å². The molecule has 0 atom stereocenters. The van der Waals surface area contributed by atoms with Gasteiger partial charge in [0.25, 0.3) is 0 Å². The number of hydrogen-bond acceptors (Lipinski definition) is 4. The van der Waals surface area contributed by atoms with E-state index in [1.54, 1.807) is 19.2 Å². The zero-order chi connectivity index (χ0) is 14.6. The maximum atomic E-state index is 13.6. The van der Waals surface area contributed by atoms with Crippen LogP contribution in [0.5, 0.6) is 5.75 Å². The van der Waals surface area contributed by atoms with Crippen molar-refractivity contribution in [2.24, 2.45) is 0 Å². The van der Waals surface area contributed by atoms with E-state index < -0.39 is 0 Å². The van der Waals surface area contributed by atoms with Crippen molar-refractivity contribution in [1.29, 1.82) is 0 Å². The molecule has 20 heavy (non-hydrogen) atoms. The third-order valence-corrected chi connectivity index (χ3v) is 2.90. The monoisotopic (exact) mass is 285 g/mol. The molecule has 1 N–H and O–H groups in total. The maximum Gasteiger partial charge on any atom is 0.131 e. The highest BCUT2D eigenvalue weighted by atomic mass is 19.1. The van der Waals surface area contributed by atoms with Gasteiger partial charge in [0.1, 0.15) is 11.6 Å². The van der Waals surface area contributed by atoms with Crippen LogP contribution >= 0.6 is 0 Å². The van der Waals surface area contributed by atoms with Crippen LogP contribution in [0.1, 0.15) is 18.4 Å². The van der Waals surface area contributed by atoms with E-state index in [-0.39, 0.29) is 5.82 Å². The predicted octanol–water partition coefficient (Wildman–Crippen LogP) is 2.37. The normalized spacial score (nSPS) is 10.8. The van der Waals surface area contributed by atoms with Gasteiger partial charge in [-0.2, -0.15) is 0 Å². The number of benzene rings is 1. The van der Waals surface area contributed by atoms with Gasteiger partial charge < -0.3 is 19.5 Å². The van der Waals surface area contributed by atoms with Gasteiger partial charge in [0.2, 0.25) is 0 Å². The minimum atomic E-state index is -0.236. The molecule has 0 saturated heterocycles. The van der Waals surface area contributed by atoms with E-state index in [4.69, 9.17) is 14.2 Å². The SMILES string of the molecule is COCCOCCCCNCc1ccc(OC)cc1F. The summed E-state index contributed by atoms with van der Waals surface area (Å²) < 4.78 is 28.8. The zero-order valence-electron chi connectivity index (χ0n) is 12.3. The van der Waals surface area contributed by atoms with E-state index in [1.807, 2.05) is 0 Å². The van der Waals surface area contributed by atoms with Crippen LogP contribution < -0.4 is 10.1 Å². The summed E-state index contributed by atoms with van der Waals surface area (Å²) >= 11 is 0. The Morgan fingerprint density at radius 3 is 2.65 bits per heavy atom. The van der Waals surface area contributed by atoms with Gasteiger partial charge in [-0.1, -0.05) is 6.07 Å². The topological polar surface area (TPSA) is 39.7 Å². The van der Waals surface area contributed by atoms with Crippen LogP contribution in [0.2, 0.25) is 0 Å².